The second kappa shape index (κ2) is 5.20. The zero-order chi connectivity index (χ0) is 15.9. The predicted molar refractivity (Wildman–Crippen MR) is 75.9 cm³/mol. The molecule has 0 aromatic carbocycles. The monoisotopic (exact) mass is 300 g/mol. The molecule has 1 aromatic heterocycles. The van der Waals surface area contributed by atoms with Crippen molar-refractivity contribution in [3.05, 3.63) is 23.4 Å². The lowest BCUT2D eigenvalue weighted by atomic mass is 10.0. The molecule has 21 heavy (non-hydrogen) atoms. The molecule has 0 aliphatic carbocycles. The summed E-state index contributed by atoms with van der Waals surface area (Å²) in [4.78, 5) is 10.3. The van der Waals surface area contributed by atoms with E-state index in [4.69, 9.17) is 5.73 Å². The van der Waals surface area contributed by atoms with E-state index in [2.05, 4.69) is 9.98 Å². The van der Waals surface area contributed by atoms with Gasteiger partial charge in [-0.15, -0.1) is 0 Å². The third-order valence-corrected chi connectivity index (χ3v) is 3.80. The Morgan fingerprint density at radius 3 is 2.43 bits per heavy atom. The van der Waals surface area contributed by atoms with Gasteiger partial charge in [-0.05, 0) is 18.6 Å². The number of likely N-dealkylation sites (N-methyl/N-ethyl adjacent to an activating group) is 1. The van der Waals surface area contributed by atoms with Crippen LogP contribution >= 0.6 is 0 Å². The van der Waals surface area contributed by atoms with Gasteiger partial charge in [0.25, 0.3) is 0 Å². The molecule has 0 saturated heterocycles. The Labute approximate surface area is 121 Å². The van der Waals surface area contributed by atoms with Crippen molar-refractivity contribution < 1.29 is 13.2 Å². The molecule has 2 unspecified atom stereocenters. The number of rotatable bonds is 2. The van der Waals surface area contributed by atoms with E-state index >= 15 is 0 Å². The number of amidine groups is 1. The average Bonchev–Trinajstić information content (AvgIpc) is 2.66. The van der Waals surface area contributed by atoms with Crippen LogP contribution in [0.3, 0.4) is 0 Å². The first-order valence-corrected chi connectivity index (χ1v) is 6.76. The molecular formula is C14H19F3N4. The zero-order valence-electron chi connectivity index (χ0n) is 12.4. The van der Waals surface area contributed by atoms with Crippen LogP contribution in [0.4, 0.5) is 19.0 Å². The summed E-state index contributed by atoms with van der Waals surface area (Å²) in [7, 11) is 1.90. The summed E-state index contributed by atoms with van der Waals surface area (Å²) in [6.45, 7) is 5.95. The zero-order valence-corrected chi connectivity index (χ0v) is 12.4. The van der Waals surface area contributed by atoms with Crippen LogP contribution in [-0.4, -0.2) is 28.8 Å². The van der Waals surface area contributed by atoms with Gasteiger partial charge in [0.05, 0.1) is 17.6 Å². The van der Waals surface area contributed by atoms with Crippen molar-refractivity contribution in [2.45, 2.75) is 39.0 Å². The highest BCUT2D eigenvalue weighted by Gasteiger charge is 2.37. The fourth-order valence-corrected chi connectivity index (χ4v) is 2.55. The number of nitrogens with two attached hydrogens (primary N) is 1. The first kappa shape index (κ1) is 15.6. The van der Waals surface area contributed by atoms with Crippen molar-refractivity contribution in [1.29, 1.82) is 0 Å². The molecule has 0 saturated carbocycles. The van der Waals surface area contributed by atoms with Crippen LogP contribution in [0, 0.1) is 5.92 Å². The van der Waals surface area contributed by atoms with E-state index in [0.29, 0.717) is 5.56 Å². The summed E-state index contributed by atoms with van der Waals surface area (Å²) in [6, 6.07) is 0.680. The van der Waals surface area contributed by atoms with Gasteiger partial charge < -0.3 is 10.6 Å². The summed E-state index contributed by atoms with van der Waals surface area (Å²) in [6.07, 6.45) is -3.13. The molecule has 116 valence electrons. The number of aromatic nitrogens is 1. The topological polar surface area (TPSA) is 54.5 Å². The van der Waals surface area contributed by atoms with E-state index in [1.54, 1.807) is 0 Å². The van der Waals surface area contributed by atoms with Crippen molar-refractivity contribution in [3.8, 4) is 0 Å². The minimum absolute atomic E-state index is 0.0195. The number of hydrogen-bond donors (Lipinski definition) is 1. The number of nitrogen functional groups attached to an aromatic ring is 1. The fourth-order valence-electron chi connectivity index (χ4n) is 2.55. The van der Waals surface area contributed by atoms with Crippen molar-refractivity contribution in [3.63, 3.8) is 0 Å². The Kier molecular flexibility index (Phi) is 3.86. The van der Waals surface area contributed by atoms with E-state index in [0.717, 1.165) is 11.9 Å². The van der Waals surface area contributed by atoms with Gasteiger partial charge in [-0.1, -0.05) is 13.8 Å². The van der Waals surface area contributed by atoms with Crippen molar-refractivity contribution in [2.24, 2.45) is 10.9 Å². The summed E-state index contributed by atoms with van der Waals surface area (Å²) in [5, 5.41) is 0. The Morgan fingerprint density at radius 2 is 1.95 bits per heavy atom. The summed E-state index contributed by atoms with van der Waals surface area (Å²) in [5.41, 5.74) is 4.87. The summed E-state index contributed by atoms with van der Waals surface area (Å²) < 4.78 is 38.8. The molecule has 0 fully saturated rings. The Balaban J connectivity index is 2.44. The lowest BCUT2D eigenvalue weighted by Gasteiger charge is -2.24. The second-order valence-electron chi connectivity index (χ2n) is 5.64. The van der Waals surface area contributed by atoms with E-state index < -0.39 is 17.6 Å². The Hall–Kier alpha value is -1.79. The third-order valence-electron chi connectivity index (χ3n) is 3.80. The Morgan fingerprint density at radius 1 is 1.33 bits per heavy atom. The molecule has 2 rings (SSSR count). The third kappa shape index (κ3) is 2.82. The van der Waals surface area contributed by atoms with Gasteiger partial charge in [0.2, 0.25) is 0 Å². The number of anilines is 1. The summed E-state index contributed by atoms with van der Waals surface area (Å²) >= 11 is 0. The molecule has 2 atom stereocenters. The van der Waals surface area contributed by atoms with Crippen LogP contribution < -0.4 is 5.73 Å². The number of hydrogen-bond acceptors (Lipinski definition) is 4. The van der Waals surface area contributed by atoms with Gasteiger partial charge in [0, 0.05) is 19.2 Å². The highest BCUT2D eigenvalue weighted by Crippen LogP contribution is 2.37. The first-order valence-electron chi connectivity index (χ1n) is 6.76. The van der Waals surface area contributed by atoms with Crippen LogP contribution in [0.25, 0.3) is 0 Å². The highest BCUT2D eigenvalue weighted by molar-refractivity contribution is 5.86. The lowest BCUT2D eigenvalue weighted by Crippen LogP contribution is -2.34. The van der Waals surface area contributed by atoms with E-state index in [9.17, 15) is 13.2 Å². The minimum atomic E-state index is -4.51. The van der Waals surface area contributed by atoms with Gasteiger partial charge >= 0.3 is 6.18 Å². The van der Waals surface area contributed by atoms with Crippen molar-refractivity contribution >= 4 is 11.7 Å². The maximum Gasteiger partial charge on any atom is 0.419 e. The standard InChI is InChI=1S/C14H19F3N4/c1-7(2)13-20-11(8(3)21(13)4)9-5-10(14(15,16)17)12(18)19-6-9/h5-8,11H,1-4H3,(H2,18,19). The fraction of sp³-hybridized carbons (Fsp3) is 0.571. The molecule has 7 heteroatoms. The summed E-state index contributed by atoms with van der Waals surface area (Å²) in [5.74, 6) is 0.600. The molecule has 2 N–H and O–H groups in total. The molecule has 4 nitrogen and oxygen atoms in total. The van der Waals surface area contributed by atoms with Crippen LogP contribution in [0.5, 0.6) is 0 Å². The lowest BCUT2D eigenvalue weighted by molar-refractivity contribution is -0.137. The maximum absolute atomic E-state index is 12.9. The van der Waals surface area contributed by atoms with Crippen LogP contribution in [0.15, 0.2) is 17.3 Å². The van der Waals surface area contributed by atoms with Gasteiger partial charge in [-0.2, -0.15) is 13.2 Å². The molecule has 1 aliphatic heterocycles. The molecule has 0 bridgehead atoms. The van der Waals surface area contributed by atoms with Crippen LogP contribution in [0.2, 0.25) is 0 Å². The second-order valence-corrected chi connectivity index (χ2v) is 5.64. The maximum atomic E-state index is 12.9. The molecule has 2 heterocycles. The molecule has 1 aliphatic rings. The van der Waals surface area contributed by atoms with Crippen LogP contribution in [-0.2, 0) is 6.18 Å². The van der Waals surface area contributed by atoms with Gasteiger partial charge in [-0.25, -0.2) is 4.98 Å². The number of pyridine rings is 1. The minimum Gasteiger partial charge on any atom is -0.383 e. The van der Waals surface area contributed by atoms with Gasteiger partial charge in [0.1, 0.15) is 11.7 Å². The molecule has 0 spiro atoms. The predicted octanol–water partition coefficient (Wildman–Crippen LogP) is 3.11. The SMILES string of the molecule is CC(C)C1=NC(c2cnc(N)c(C(F)(F)F)c2)C(C)N1C. The van der Waals surface area contributed by atoms with Gasteiger partial charge in [0.15, 0.2) is 0 Å². The number of nitrogens with zero attached hydrogens (tertiary/aromatic N) is 3. The molecule has 0 amide bonds. The number of alkyl halides is 3. The van der Waals surface area contributed by atoms with Crippen molar-refractivity contribution in [1.82, 2.24) is 9.88 Å². The highest BCUT2D eigenvalue weighted by atomic mass is 19.4. The normalized spacial score (nSPS) is 22.9. The molecule has 0 radical (unpaired) electrons. The van der Waals surface area contributed by atoms with E-state index in [1.807, 2.05) is 32.7 Å². The largest absolute Gasteiger partial charge is 0.419 e. The van der Waals surface area contributed by atoms with Crippen molar-refractivity contribution in [2.75, 3.05) is 12.8 Å². The number of aliphatic imine (C=N–C) groups is 1. The smallest absolute Gasteiger partial charge is 0.383 e. The number of halogens is 3. The molecular weight excluding hydrogens is 281 g/mol. The first-order chi connectivity index (χ1) is 9.62. The Bertz CT molecular complexity index is 566. The van der Waals surface area contributed by atoms with E-state index in [1.165, 1.54) is 6.20 Å². The van der Waals surface area contributed by atoms with Gasteiger partial charge in [-0.3, -0.25) is 4.99 Å². The average molecular weight is 300 g/mol. The quantitative estimate of drug-likeness (QED) is 0.913. The van der Waals surface area contributed by atoms with E-state index in [-0.39, 0.29) is 18.0 Å². The van der Waals surface area contributed by atoms with Crippen LogP contribution in [0.1, 0.15) is 37.9 Å². The molecule has 1 aromatic rings.